The van der Waals surface area contributed by atoms with E-state index in [1.165, 1.54) is 16.7 Å². The topological polar surface area (TPSA) is 49.4 Å². The van der Waals surface area contributed by atoms with Gasteiger partial charge in [0.2, 0.25) is 11.8 Å². The smallest absolute Gasteiger partial charge is 0.239 e. The molecule has 0 spiro atoms. The summed E-state index contributed by atoms with van der Waals surface area (Å²) in [6.45, 7) is 1.68. The summed E-state index contributed by atoms with van der Waals surface area (Å²) in [6.07, 6.45) is 0.905. The van der Waals surface area contributed by atoms with Gasteiger partial charge < -0.3 is 5.32 Å². The number of thioether (sulfide) groups is 1. The van der Waals surface area contributed by atoms with Crippen LogP contribution in [0.15, 0.2) is 0 Å². The van der Waals surface area contributed by atoms with Crippen LogP contribution in [-0.2, 0) is 9.59 Å². The number of amides is 2. The summed E-state index contributed by atoms with van der Waals surface area (Å²) in [5.41, 5.74) is 0. The molecule has 13 heavy (non-hydrogen) atoms. The molecule has 2 saturated heterocycles. The Bertz CT molecular complexity index is 222. The zero-order chi connectivity index (χ0) is 9.26. The second-order valence-corrected chi connectivity index (χ2v) is 4.28. The fourth-order valence-electron chi connectivity index (χ4n) is 1.77. The zero-order valence-electron chi connectivity index (χ0n) is 7.28. The van der Waals surface area contributed by atoms with Gasteiger partial charge in [0.1, 0.15) is 0 Å². The highest BCUT2D eigenvalue weighted by Gasteiger charge is 2.33. The van der Waals surface area contributed by atoms with Crippen LogP contribution in [0.3, 0.4) is 0 Å². The lowest BCUT2D eigenvalue weighted by Gasteiger charge is -2.29. The summed E-state index contributed by atoms with van der Waals surface area (Å²) in [7, 11) is 0. The minimum atomic E-state index is -0.0186. The molecule has 0 aromatic heterocycles. The molecular weight excluding hydrogens is 188 g/mol. The van der Waals surface area contributed by atoms with Gasteiger partial charge in [0, 0.05) is 6.54 Å². The van der Waals surface area contributed by atoms with E-state index in [9.17, 15) is 9.59 Å². The van der Waals surface area contributed by atoms with Crippen molar-refractivity contribution >= 4 is 23.6 Å². The van der Waals surface area contributed by atoms with Crippen molar-refractivity contribution in [2.75, 3.05) is 24.6 Å². The van der Waals surface area contributed by atoms with E-state index in [0.717, 1.165) is 19.5 Å². The van der Waals surface area contributed by atoms with E-state index in [1.54, 1.807) is 0 Å². The quantitative estimate of drug-likeness (QED) is 0.577. The van der Waals surface area contributed by atoms with E-state index in [1.807, 2.05) is 0 Å². The van der Waals surface area contributed by atoms with Crippen molar-refractivity contribution in [2.45, 2.75) is 12.5 Å². The Morgan fingerprint density at radius 2 is 2.00 bits per heavy atom. The highest BCUT2D eigenvalue weighted by molar-refractivity contribution is 8.00. The third kappa shape index (κ3) is 1.71. The molecule has 2 aliphatic heterocycles. The second kappa shape index (κ2) is 3.67. The van der Waals surface area contributed by atoms with E-state index < -0.39 is 0 Å². The summed E-state index contributed by atoms with van der Waals surface area (Å²) >= 11 is 1.41. The third-order valence-corrected chi connectivity index (χ3v) is 3.29. The van der Waals surface area contributed by atoms with E-state index in [-0.39, 0.29) is 17.9 Å². The van der Waals surface area contributed by atoms with Crippen molar-refractivity contribution in [3.63, 3.8) is 0 Å². The Balaban J connectivity index is 2.08. The SMILES string of the molecule is O=C1CSCC(=O)N1C1CCNC1. The van der Waals surface area contributed by atoms with Gasteiger partial charge in [0.25, 0.3) is 0 Å². The van der Waals surface area contributed by atoms with Crippen LogP contribution in [0.4, 0.5) is 0 Å². The second-order valence-electron chi connectivity index (χ2n) is 3.30. The Morgan fingerprint density at radius 3 is 2.54 bits per heavy atom. The van der Waals surface area contributed by atoms with Crippen LogP contribution < -0.4 is 5.32 Å². The van der Waals surface area contributed by atoms with Crippen molar-refractivity contribution in [3.05, 3.63) is 0 Å². The van der Waals surface area contributed by atoms with Crippen LogP contribution in [0, 0.1) is 0 Å². The van der Waals surface area contributed by atoms with Crippen molar-refractivity contribution in [3.8, 4) is 0 Å². The van der Waals surface area contributed by atoms with Crippen molar-refractivity contribution in [1.82, 2.24) is 10.2 Å². The molecule has 2 fully saturated rings. The fraction of sp³-hybridized carbons (Fsp3) is 0.750. The summed E-state index contributed by atoms with van der Waals surface area (Å²) in [5, 5.41) is 3.16. The van der Waals surface area contributed by atoms with E-state index in [4.69, 9.17) is 0 Å². The van der Waals surface area contributed by atoms with Crippen molar-refractivity contribution in [1.29, 1.82) is 0 Å². The van der Waals surface area contributed by atoms with Crippen LogP contribution in [0.5, 0.6) is 0 Å². The summed E-state index contributed by atoms with van der Waals surface area (Å²) in [5.74, 6) is 0.884. The first-order valence-corrected chi connectivity index (χ1v) is 5.58. The normalized spacial score (nSPS) is 29.8. The molecule has 1 unspecified atom stereocenters. The lowest BCUT2D eigenvalue weighted by Crippen LogP contribution is -2.50. The van der Waals surface area contributed by atoms with Gasteiger partial charge in [-0.25, -0.2) is 0 Å². The average molecular weight is 200 g/mol. The number of hydrogen-bond donors (Lipinski definition) is 1. The predicted octanol–water partition coefficient (Wildman–Crippen LogP) is -0.550. The Morgan fingerprint density at radius 1 is 1.31 bits per heavy atom. The summed E-state index contributed by atoms with van der Waals surface area (Å²) in [4.78, 5) is 24.4. The standard InChI is InChI=1S/C8H12N2O2S/c11-7-4-13-5-8(12)10(7)6-1-2-9-3-6/h6,9H,1-5H2. The van der Waals surface area contributed by atoms with Crippen LogP contribution in [0.1, 0.15) is 6.42 Å². The third-order valence-electron chi connectivity index (χ3n) is 2.39. The minimum Gasteiger partial charge on any atom is -0.315 e. The zero-order valence-corrected chi connectivity index (χ0v) is 8.10. The predicted molar refractivity (Wildman–Crippen MR) is 50.5 cm³/mol. The molecule has 1 atom stereocenters. The molecule has 1 N–H and O–H groups in total. The number of rotatable bonds is 1. The molecule has 2 heterocycles. The maximum Gasteiger partial charge on any atom is 0.239 e. The van der Waals surface area contributed by atoms with Crippen molar-refractivity contribution in [2.24, 2.45) is 0 Å². The van der Waals surface area contributed by atoms with Gasteiger partial charge in [-0.15, -0.1) is 11.8 Å². The molecule has 0 aromatic rings. The van der Waals surface area contributed by atoms with Crippen molar-refractivity contribution < 1.29 is 9.59 Å². The van der Waals surface area contributed by atoms with Crippen LogP contribution >= 0.6 is 11.8 Å². The average Bonchev–Trinajstić information content (AvgIpc) is 2.57. The lowest BCUT2D eigenvalue weighted by atomic mass is 10.2. The first-order valence-electron chi connectivity index (χ1n) is 4.42. The van der Waals surface area contributed by atoms with Crippen LogP contribution in [0.2, 0.25) is 0 Å². The molecule has 2 amide bonds. The summed E-state index contributed by atoms with van der Waals surface area (Å²) in [6, 6.07) is 0.112. The molecule has 0 radical (unpaired) electrons. The monoisotopic (exact) mass is 200 g/mol. The molecule has 2 aliphatic rings. The first kappa shape index (κ1) is 9.02. The number of nitrogens with zero attached hydrogens (tertiary/aromatic N) is 1. The van der Waals surface area contributed by atoms with Gasteiger partial charge in [-0.3, -0.25) is 14.5 Å². The Hall–Kier alpha value is -0.550. The number of nitrogens with one attached hydrogen (secondary N) is 1. The highest BCUT2D eigenvalue weighted by atomic mass is 32.2. The molecule has 72 valence electrons. The van der Waals surface area contributed by atoms with Gasteiger partial charge >= 0.3 is 0 Å². The maximum absolute atomic E-state index is 11.4. The fourth-order valence-corrected chi connectivity index (χ4v) is 2.50. The van der Waals surface area contributed by atoms with Gasteiger partial charge in [-0.2, -0.15) is 0 Å². The molecule has 4 nitrogen and oxygen atoms in total. The van der Waals surface area contributed by atoms with Gasteiger partial charge in [0.05, 0.1) is 17.5 Å². The van der Waals surface area contributed by atoms with E-state index in [0.29, 0.717) is 11.5 Å². The number of imide groups is 1. The van der Waals surface area contributed by atoms with Crippen LogP contribution in [-0.4, -0.2) is 47.4 Å². The molecule has 5 heteroatoms. The first-order chi connectivity index (χ1) is 6.29. The maximum atomic E-state index is 11.4. The molecule has 0 bridgehead atoms. The largest absolute Gasteiger partial charge is 0.315 e. The van der Waals surface area contributed by atoms with E-state index >= 15 is 0 Å². The van der Waals surface area contributed by atoms with Gasteiger partial charge in [0.15, 0.2) is 0 Å². The Labute approximate surface area is 81.0 Å². The number of hydrogen-bond acceptors (Lipinski definition) is 4. The molecule has 0 saturated carbocycles. The van der Waals surface area contributed by atoms with E-state index in [2.05, 4.69) is 5.32 Å². The van der Waals surface area contributed by atoms with Crippen LogP contribution in [0.25, 0.3) is 0 Å². The minimum absolute atomic E-state index is 0.0186. The lowest BCUT2D eigenvalue weighted by molar-refractivity contribution is -0.144. The molecular formula is C8H12N2O2S. The van der Waals surface area contributed by atoms with Gasteiger partial charge in [-0.05, 0) is 13.0 Å². The number of carbonyl (C=O) groups excluding carboxylic acids is 2. The Kier molecular flexibility index (Phi) is 2.55. The molecule has 2 rings (SSSR count). The summed E-state index contributed by atoms with van der Waals surface area (Å²) < 4.78 is 0. The molecule has 0 aliphatic carbocycles. The number of carbonyl (C=O) groups is 2. The highest BCUT2D eigenvalue weighted by Crippen LogP contribution is 2.18. The molecule has 0 aromatic carbocycles. The van der Waals surface area contributed by atoms with Gasteiger partial charge in [-0.1, -0.05) is 0 Å².